The number of methoxy groups -OCH3 is 1. The minimum atomic E-state index is -0.509. The maximum absolute atomic E-state index is 13.2. The molecule has 29 heavy (non-hydrogen) atoms. The molecular weight excluding hydrogens is 432 g/mol. The Kier molecular flexibility index (Phi) is 5.16. The summed E-state index contributed by atoms with van der Waals surface area (Å²) in [6.07, 6.45) is 0.912. The number of halogens is 1. The van der Waals surface area contributed by atoms with Crippen LogP contribution in [-0.4, -0.2) is 12.9 Å². The number of hydrogen-bond donors (Lipinski definition) is 1. The van der Waals surface area contributed by atoms with Gasteiger partial charge < -0.3 is 15.2 Å². The molecular formula is C23H19BrN2O3. The van der Waals surface area contributed by atoms with E-state index in [1.165, 1.54) is 0 Å². The van der Waals surface area contributed by atoms with E-state index in [4.69, 9.17) is 15.2 Å². The first-order valence-corrected chi connectivity index (χ1v) is 10.0. The largest absolute Gasteiger partial charge is 0.497 e. The van der Waals surface area contributed by atoms with Gasteiger partial charge in [-0.15, -0.1) is 0 Å². The summed E-state index contributed by atoms with van der Waals surface area (Å²) in [6, 6.07) is 17.5. The first-order valence-electron chi connectivity index (χ1n) is 9.25. The highest BCUT2D eigenvalue weighted by molar-refractivity contribution is 9.10. The fraction of sp³-hybridized carbons (Fsp3) is 0.217. The van der Waals surface area contributed by atoms with Gasteiger partial charge in [0.05, 0.1) is 13.0 Å². The van der Waals surface area contributed by atoms with Crippen molar-refractivity contribution in [3.05, 3.63) is 86.9 Å². The van der Waals surface area contributed by atoms with E-state index in [1.54, 1.807) is 7.11 Å². The topological polar surface area (TPSA) is 85.3 Å². The molecule has 6 heteroatoms. The molecule has 1 heterocycles. The zero-order valence-electron chi connectivity index (χ0n) is 15.8. The van der Waals surface area contributed by atoms with Crippen molar-refractivity contribution >= 4 is 21.7 Å². The molecule has 0 unspecified atom stereocenters. The van der Waals surface area contributed by atoms with Gasteiger partial charge in [-0.1, -0.05) is 40.2 Å². The highest BCUT2D eigenvalue weighted by atomic mass is 79.9. The lowest BCUT2D eigenvalue weighted by Crippen LogP contribution is -2.29. The van der Waals surface area contributed by atoms with Crippen molar-refractivity contribution in [2.24, 2.45) is 5.73 Å². The molecule has 4 rings (SSSR count). The van der Waals surface area contributed by atoms with E-state index in [-0.39, 0.29) is 23.2 Å². The van der Waals surface area contributed by atoms with Crippen LogP contribution in [-0.2, 0) is 9.53 Å². The fourth-order valence-corrected chi connectivity index (χ4v) is 4.46. The standard InChI is InChI=1S/C23H19BrN2O3/c1-28-17-7-5-13(6-8-17)15-10-19(27)22-20(11-15)29-23(26)18(12-25)21(22)14-3-2-4-16(24)9-14/h2-9,15,21H,10-11,26H2,1H3/t15-,21-/m1/s1. The van der Waals surface area contributed by atoms with Crippen molar-refractivity contribution in [1.29, 1.82) is 5.26 Å². The first-order chi connectivity index (χ1) is 14.0. The number of nitriles is 1. The molecule has 0 spiro atoms. The predicted octanol–water partition coefficient (Wildman–Crippen LogP) is 4.67. The zero-order chi connectivity index (χ0) is 20.5. The number of carbonyl (C=O) groups is 1. The van der Waals surface area contributed by atoms with Crippen LogP contribution in [0.3, 0.4) is 0 Å². The summed E-state index contributed by atoms with van der Waals surface area (Å²) in [4.78, 5) is 13.2. The number of ketones is 1. The van der Waals surface area contributed by atoms with Crippen LogP contribution in [0.5, 0.6) is 5.75 Å². The lowest BCUT2D eigenvalue weighted by Gasteiger charge is -2.34. The van der Waals surface area contributed by atoms with E-state index < -0.39 is 5.92 Å². The van der Waals surface area contributed by atoms with Crippen LogP contribution in [0.15, 0.2) is 75.8 Å². The van der Waals surface area contributed by atoms with Gasteiger partial charge in [-0.3, -0.25) is 4.79 Å². The van der Waals surface area contributed by atoms with Crippen LogP contribution in [0.25, 0.3) is 0 Å². The lowest BCUT2D eigenvalue weighted by atomic mass is 9.73. The molecule has 2 aromatic carbocycles. The molecule has 0 amide bonds. The van der Waals surface area contributed by atoms with Crippen molar-refractivity contribution < 1.29 is 14.3 Å². The van der Waals surface area contributed by atoms with E-state index in [0.29, 0.717) is 24.2 Å². The van der Waals surface area contributed by atoms with Gasteiger partial charge in [0.25, 0.3) is 0 Å². The number of allylic oxidation sites excluding steroid dienone is 3. The molecule has 0 saturated heterocycles. The van der Waals surface area contributed by atoms with Crippen LogP contribution in [0.2, 0.25) is 0 Å². The lowest BCUT2D eigenvalue weighted by molar-refractivity contribution is -0.117. The summed E-state index contributed by atoms with van der Waals surface area (Å²) in [5, 5.41) is 9.69. The van der Waals surface area contributed by atoms with Crippen LogP contribution < -0.4 is 10.5 Å². The molecule has 146 valence electrons. The zero-order valence-corrected chi connectivity index (χ0v) is 17.4. The van der Waals surface area contributed by atoms with Gasteiger partial charge in [-0.2, -0.15) is 5.26 Å². The monoisotopic (exact) mass is 450 g/mol. The van der Waals surface area contributed by atoms with Gasteiger partial charge >= 0.3 is 0 Å². The maximum atomic E-state index is 13.2. The van der Waals surface area contributed by atoms with Crippen LogP contribution in [0.1, 0.15) is 35.8 Å². The molecule has 1 aliphatic heterocycles. The minimum Gasteiger partial charge on any atom is -0.497 e. The van der Waals surface area contributed by atoms with Crippen molar-refractivity contribution in [1.82, 2.24) is 0 Å². The molecule has 2 atom stereocenters. The molecule has 0 saturated carbocycles. The Morgan fingerprint density at radius 1 is 1.17 bits per heavy atom. The van der Waals surface area contributed by atoms with Crippen LogP contribution >= 0.6 is 15.9 Å². The van der Waals surface area contributed by atoms with Gasteiger partial charge in [-0.05, 0) is 41.3 Å². The molecule has 2 aromatic rings. The van der Waals surface area contributed by atoms with Gasteiger partial charge in [0, 0.05) is 22.9 Å². The number of hydrogen-bond acceptors (Lipinski definition) is 5. The molecule has 1 aliphatic carbocycles. The van der Waals surface area contributed by atoms with Crippen molar-refractivity contribution in [2.45, 2.75) is 24.7 Å². The Morgan fingerprint density at radius 3 is 2.59 bits per heavy atom. The van der Waals surface area contributed by atoms with Gasteiger partial charge in [0.1, 0.15) is 23.2 Å². The third-order valence-corrected chi connectivity index (χ3v) is 5.92. The van der Waals surface area contributed by atoms with Crippen LogP contribution in [0, 0.1) is 11.3 Å². The van der Waals surface area contributed by atoms with E-state index in [1.807, 2.05) is 48.5 Å². The second kappa shape index (κ2) is 7.76. The van der Waals surface area contributed by atoms with Crippen molar-refractivity contribution in [3.63, 3.8) is 0 Å². The number of Topliss-reactive ketones (excluding diaryl/α,β-unsaturated/α-hetero) is 1. The summed E-state index contributed by atoms with van der Waals surface area (Å²) >= 11 is 3.47. The maximum Gasteiger partial charge on any atom is 0.205 e. The van der Waals surface area contributed by atoms with Gasteiger partial charge in [0.2, 0.25) is 5.88 Å². The highest BCUT2D eigenvalue weighted by Gasteiger charge is 2.40. The average Bonchev–Trinajstić information content (AvgIpc) is 2.72. The number of carbonyl (C=O) groups excluding carboxylic acids is 1. The van der Waals surface area contributed by atoms with E-state index in [0.717, 1.165) is 21.3 Å². The number of nitrogens with two attached hydrogens (primary N) is 1. The van der Waals surface area contributed by atoms with Crippen LogP contribution in [0.4, 0.5) is 0 Å². The Hall–Kier alpha value is -3.04. The Balaban J connectivity index is 1.75. The molecule has 0 radical (unpaired) electrons. The third-order valence-electron chi connectivity index (χ3n) is 5.43. The van der Waals surface area contributed by atoms with E-state index in [2.05, 4.69) is 22.0 Å². The first kappa shape index (κ1) is 19.3. The molecule has 2 N–H and O–H groups in total. The summed E-state index contributed by atoms with van der Waals surface area (Å²) in [5.74, 6) is 0.864. The number of nitrogens with zero attached hydrogens (tertiary/aromatic N) is 1. The minimum absolute atomic E-state index is 0.00764. The molecule has 2 aliphatic rings. The Bertz CT molecular complexity index is 1080. The SMILES string of the molecule is COc1ccc([C@@H]2CC(=O)C3=C(C2)OC(N)=C(C#N)[C@H]3c2cccc(Br)c2)cc1. The summed E-state index contributed by atoms with van der Waals surface area (Å²) in [7, 11) is 1.62. The second-order valence-corrected chi connectivity index (χ2v) is 8.03. The van der Waals surface area contributed by atoms with E-state index >= 15 is 0 Å². The summed E-state index contributed by atoms with van der Waals surface area (Å²) in [6.45, 7) is 0. The van der Waals surface area contributed by atoms with Crippen molar-refractivity contribution in [2.75, 3.05) is 7.11 Å². The normalized spacial score (nSPS) is 21.3. The predicted molar refractivity (Wildman–Crippen MR) is 112 cm³/mol. The average molecular weight is 451 g/mol. The van der Waals surface area contributed by atoms with Gasteiger partial charge in [0.15, 0.2) is 5.78 Å². The molecule has 0 bridgehead atoms. The summed E-state index contributed by atoms with van der Waals surface area (Å²) < 4.78 is 11.9. The Labute approximate surface area is 177 Å². The molecule has 0 aromatic heterocycles. The number of ether oxygens (including phenoxy) is 2. The Morgan fingerprint density at radius 2 is 1.93 bits per heavy atom. The highest BCUT2D eigenvalue weighted by Crippen LogP contribution is 2.47. The van der Waals surface area contributed by atoms with E-state index in [9.17, 15) is 10.1 Å². The smallest absolute Gasteiger partial charge is 0.205 e. The number of benzene rings is 2. The number of rotatable bonds is 3. The quantitative estimate of drug-likeness (QED) is 0.734. The molecule has 0 fully saturated rings. The van der Waals surface area contributed by atoms with Gasteiger partial charge in [-0.25, -0.2) is 0 Å². The third kappa shape index (κ3) is 3.54. The molecule has 5 nitrogen and oxygen atoms in total. The summed E-state index contributed by atoms with van der Waals surface area (Å²) in [5.41, 5.74) is 8.79. The van der Waals surface area contributed by atoms with Crippen molar-refractivity contribution in [3.8, 4) is 11.8 Å². The second-order valence-electron chi connectivity index (χ2n) is 7.12. The fourth-order valence-electron chi connectivity index (χ4n) is 4.04.